The Hall–Kier alpha value is -2.69. The van der Waals surface area contributed by atoms with Crippen molar-refractivity contribution in [1.82, 2.24) is 4.90 Å². The van der Waals surface area contributed by atoms with E-state index < -0.39 is 0 Å². The summed E-state index contributed by atoms with van der Waals surface area (Å²) in [6, 6.07) is 17.0. The van der Waals surface area contributed by atoms with E-state index in [0.717, 1.165) is 68.9 Å². The van der Waals surface area contributed by atoms with Crippen LogP contribution in [-0.2, 0) is 11.2 Å². The molecule has 5 nitrogen and oxygen atoms in total. The molecule has 32 heavy (non-hydrogen) atoms. The third kappa shape index (κ3) is 4.72. The second kappa shape index (κ2) is 9.43. The number of piperazine rings is 1. The van der Waals surface area contributed by atoms with Gasteiger partial charge in [-0.15, -0.1) is 0 Å². The van der Waals surface area contributed by atoms with Crippen LogP contribution in [0.25, 0.3) is 0 Å². The second-order valence-corrected chi connectivity index (χ2v) is 9.45. The first-order valence-electron chi connectivity index (χ1n) is 12.2. The summed E-state index contributed by atoms with van der Waals surface area (Å²) in [5, 5.41) is 0. The zero-order valence-corrected chi connectivity index (χ0v) is 19.0. The summed E-state index contributed by atoms with van der Waals surface area (Å²) in [6.07, 6.45) is 8.00. The minimum Gasteiger partial charge on any atom is -0.493 e. The van der Waals surface area contributed by atoms with Gasteiger partial charge >= 0.3 is 0 Å². The average molecular weight is 435 g/mol. The van der Waals surface area contributed by atoms with Gasteiger partial charge < -0.3 is 19.3 Å². The van der Waals surface area contributed by atoms with Crippen molar-refractivity contribution in [2.24, 2.45) is 5.92 Å². The quantitative estimate of drug-likeness (QED) is 0.634. The van der Waals surface area contributed by atoms with Crippen LogP contribution < -0.4 is 14.4 Å². The van der Waals surface area contributed by atoms with Crippen LogP contribution in [-0.4, -0.2) is 49.7 Å². The standard InChI is InChI=1S/C27H34N2O3/c1-31-25-14-13-22(18-26(25)32-24-9-5-6-10-24)28-15-16-29(27(30)21-11-12-21)23(19-28)17-20-7-3-2-4-8-20/h2-4,7-8,13-14,18,21,23-24H,5-6,9-12,15-17,19H2,1H3. The highest BCUT2D eigenvalue weighted by molar-refractivity contribution is 5.81. The van der Waals surface area contributed by atoms with Crippen LogP contribution >= 0.6 is 0 Å². The molecule has 2 aliphatic carbocycles. The summed E-state index contributed by atoms with van der Waals surface area (Å²) >= 11 is 0. The number of hydrogen-bond acceptors (Lipinski definition) is 4. The third-order valence-corrected chi connectivity index (χ3v) is 7.11. The van der Waals surface area contributed by atoms with Crippen molar-refractivity contribution in [3.8, 4) is 11.5 Å². The Kier molecular flexibility index (Phi) is 6.24. The van der Waals surface area contributed by atoms with Crippen molar-refractivity contribution >= 4 is 11.6 Å². The molecule has 2 aromatic carbocycles. The van der Waals surface area contributed by atoms with E-state index in [4.69, 9.17) is 9.47 Å². The molecule has 1 atom stereocenters. The predicted molar refractivity (Wildman–Crippen MR) is 126 cm³/mol. The van der Waals surface area contributed by atoms with Gasteiger partial charge in [0.1, 0.15) is 0 Å². The zero-order valence-electron chi connectivity index (χ0n) is 19.0. The number of anilines is 1. The molecule has 0 spiro atoms. The maximum atomic E-state index is 13.0. The minimum absolute atomic E-state index is 0.181. The highest BCUT2D eigenvalue weighted by Gasteiger charge is 2.38. The number of nitrogens with zero attached hydrogens (tertiary/aromatic N) is 2. The third-order valence-electron chi connectivity index (χ3n) is 7.11. The number of carbonyl (C=O) groups excluding carboxylic acids is 1. The Labute approximate surface area is 191 Å². The summed E-state index contributed by atoms with van der Waals surface area (Å²) in [5.74, 6) is 2.25. The van der Waals surface area contributed by atoms with Gasteiger partial charge in [-0.05, 0) is 62.6 Å². The van der Waals surface area contributed by atoms with Gasteiger partial charge in [0.05, 0.1) is 19.3 Å². The van der Waals surface area contributed by atoms with Crippen molar-refractivity contribution in [3.05, 3.63) is 54.1 Å². The zero-order chi connectivity index (χ0) is 21.9. The normalized spacial score (nSPS) is 21.6. The molecule has 1 amide bonds. The fourth-order valence-electron chi connectivity index (χ4n) is 5.15. The largest absolute Gasteiger partial charge is 0.493 e. The maximum Gasteiger partial charge on any atom is 0.226 e. The second-order valence-electron chi connectivity index (χ2n) is 9.45. The summed E-state index contributed by atoms with van der Waals surface area (Å²) < 4.78 is 11.9. The van der Waals surface area contributed by atoms with Crippen LogP contribution in [0.15, 0.2) is 48.5 Å². The van der Waals surface area contributed by atoms with E-state index >= 15 is 0 Å². The van der Waals surface area contributed by atoms with E-state index in [2.05, 4.69) is 46.2 Å². The molecule has 1 heterocycles. The van der Waals surface area contributed by atoms with Gasteiger partial charge in [0.25, 0.3) is 0 Å². The Morgan fingerprint density at radius 1 is 0.969 bits per heavy atom. The van der Waals surface area contributed by atoms with Crippen molar-refractivity contribution in [1.29, 1.82) is 0 Å². The van der Waals surface area contributed by atoms with Crippen LogP contribution in [0.2, 0.25) is 0 Å². The van der Waals surface area contributed by atoms with Gasteiger partial charge in [0, 0.05) is 37.3 Å². The lowest BCUT2D eigenvalue weighted by atomic mass is 10.0. The highest BCUT2D eigenvalue weighted by atomic mass is 16.5. The Bertz CT molecular complexity index is 922. The smallest absolute Gasteiger partial charge is 0.226 e. The molecule has 2 aromatic rings. The molecule has 5 rings (SSSR count). The van der Waals surface area contributed by atoms with Crippen LogP contribution in [0.1, 0.15) is 44.1 Å². The van der Waals surface area contributed by atoms with Gasteiger partial charge in [0.15, 0.2) is 11.5 Å². The summed E-state index contributed by atoms with van der Waals surface area (Å²) in [7, 11) is 1.70. The molecular formula is C27H34N2O3. The SMILES string of the molecule is COc1ccc(N2CCN(C(=O)C3CC3)C(Cc3ccccc3)C2)cc1OC1CCCC1. The van der Waals surface area contributed by atoms with Crippen LogP contribution in [0.4, 0.5) is 5.69 Å². The first-order valence-corrected chi connectivity index (χ1v) is 12.2. The minimum atomic E-state index is 0.181. The van der Waals surface area contributed by atoms with Crippen molar-refractivity contribution in [3.63, 3.8) is 0 Å². The molecule has 0 radical (unpaired) electrons. The molecule has 170 valence electrons. The van der Waals surface area contributed by atoms with Gasteiger partial charge in [-0.3, -0.25) is 4.79 Å². The molecule has 0 bridgehead atoms. The van der Waals surface area contributed by atoms with Gasteiger partial charge in [-0.25, -0.2) is 0 Å². The molecule has 5 heteroatoms. The van der Waals surface area contributed by atoms with Crippen molar-refractivity contribution < 1.29 is 14.3 Å². The lowest BCUT2D eigenvalue weighted by Gasteiger charge is -2.43. The molecule has 2 saturated carbocycles. The molecule has 0 aromatic heterocycles. The van der Waals surface area contributed by atoms with Crippen molar-refractivity contribution in [2.45, 2.75) is 57.1 Å². The Balaban J connectivity index is 1.35. The first kappa shape index (κ1) is 21.2. The summed E-state index contributed by atoms with van der Waals surface area (Å²) in [5.41, 5.74) is 2.43. The molecule has 1 unspecified atom stereocenters. The Morgan fingerprint density at radius 2 is 1.75 bits per heavy atom. The molecule has 3 aliphatic rings. The molecule has 3 fully saturated rings. The van der Waals surface area contributed by atoms with E-state index in [1.54, 1.807) is 7.11 Å². The lowest BCUT2D eigenvalue weighted by molar-refractivity contribution is -0.135. The van der Waals surface area contributed by atoms with E-state index in [9.17, 15) is 4.79 Å². The van der Waals surface area contributed by atoms with Crippen LogP contribution in [0, 0.1) is 5.92 Å². The van der Waals surface area contributed by atoms with Crippen LogP contribution in [0.5, 0.6) is 11.5 Å². The van der Waals surface area contributed by atoms with Gasteiger partial charge in [0.2, 0.25) is 5.91 Å². The summed E-state index contributed by atoms with van der Waals surface area (Å²) in [4.78, 5) is 17.6. The topological polar surface area (TPSA) is 42.0 Å². The maximum absolute atomic E-state index is 13.0. The summed E-state index contributed by atoms with van der Waals surface area (Å²) in [6.45, 7) is 2.46. The fourth-order valence-corrected chi connectivity index (χ4v) is 5.15. The number of carbonyl (C=O) groups is 1. The van der Waals surface area contributed by atoms with Gasteiger partial charge in [-0.1, -0.05) is 30.3 Å². The number of benzene rings is 2. The van der Waals surface area contributed by atoms with E-state index in [1.165, 1.54) is 18.4 Å². The fraction of sp³-hybridized carbons (Fsp3) is 0.519. The number of ether oxygens (including phenoxy) is 2. The van der Waals surface area contributed by atoms with E-state index in [-0.39, 0.29) is 18.1 Å². The van der Waals surface area contributed by atoms with Crippen LogP contribution in [0.3, 0.4) is 0 Å². The number of amides is 1. The number of hydrogen-bond donors (Lipinski definition) is 0. The highest BCUT2D eigenvalue weighted by Crippen LogP contribution is 2.37. The molecule has 0 N–H and O–H groups in total. The number of methoxy groups -OCH3 is 1. The van der Waals surface area contributed by atoms with E-state index in [0.29, 0.717) is 5.91 Å². The Morgan fingerprint density at radius 3 is 2.47 bits per heavy atom. The monoisotopic (exact) mass is 434 g/mol. The predicted octanol–water partition coefficient (Wildman–Crippen LogP) is 4.69. The van der Waals surface area contributed by atoms with E-state index in [1.807, 2.05) is 12.1 Å². The average Bonchev–Trinajstić information content (AvgIpc) is 3.56. The van der Waals surface area contributed by atoms with Crippen molar-refractivity contribution in [2.75, 3.05) is 31.6 Å². The lowest BCUT2D eigenvalue weighted by Crippen LogP contribution is -2.56. The van der Waals surface area contributed by atoms with Gasteiger partial charge in [-0.2, -0.15) is 0 Å². The molecular weight excluding hydrogens is 400 g/mol. The first-order chi connectivity index (χ1) is 15.7. The number of rotatable bonds is 7. The molecule has 1 aliphatic heterocycles. The molecule has 1 saturated heterocycles.